The first-order valence-corrected chi connectivity index (χ1v) is 7.46. The summed E-state index contributed by atoms with van der Waals surface area (Å²) in [4.78, 5) is 0. The summed E-state index contributed by atoms with van der Waals surface area (Å²) in [5.41, 5.74) is 9.39. The number of nitrogens with two attached hydrogens (primary N) is 1. The monoisotopic (exact) mass is 273 g/mol. The summed E-state index contributed by atoms with van der Waals surface area (Å²) < 4.78 is 5.39. The molecule has 0 aromatic heterocycles. The predicted molar refractivity (Wildman–Crippen MR) is 82.3 cm³/mol. The second-order valence-electron chi connectivity index (χ2n) is 4.33. The third kappa shape index (κ3) is 4.01. The molecule has 0 bridgehead atoms. The van der Waals surface area contributed by atoms with E-state index >= 15 is 0 Å². The number of thioether (sulfide) groups is 1. The Morgan fingerprint density at radius 3 is 2.47 bits per heavy atom. The standard InChI is InChI=1S/C16H19NOS/c1-18-16-8-7-14(10-17)9-15(16)12-19-11-13-5-3-2-4-6-13/h2-9H,10-12,17H2,1H3. The molecule has 0 heterocycles. The maximum Gasteiger partial charge on any atom is 0.122 e. The first kappa shape index (κ1) is 14.0. The summed E-state index contributed by atoms with van der Waals surface area (Å²) in [5, 5.41) is 0. The van der Waals surface area contributed by atoms with Crippen molar-refractivity contribution in [2.24, 2.45) is 5.73 Å². The largest absolute Gasteiger partial charge is 0.496 e. The third-order valence-corrected chi connectivity index (χ3v) is 4.00. The zero-order valence-corrected chi connectivity index (χ0v) is 12.0. The summed E-state index contributed by atoms with van der Waals surface area (Å²) in [6, 6.07) is 16.7. The van der Waals surface area contributed by atoms with Gasteiger partial charge in [-0.3, -0.25) is 0 Å². The van der Waals surface area contributed by atoms with Crippen LogP contribution in [0.5, 0.6) is 5.75 Å². The van der Waals surface area contributed by atoms with Gasteiger partial charge in [0.1, 0.15) is 5.75 Å². The third-order valence-electron chi connectivity index (χ3n) is 2.95. The van der Waals surface area contributed by atoms with E-state index in [4.69, 9.17) is 10.5 Å². The second kappa shape index (κ2) is 7.22. The molecule has 3 heteroatoms. The van der Waals surface area contributed by atoms with E-state index in [-0.39, 0.29) is 0 Å². The lowest BCUT2D eigenvalue weighted by Crippen LogP contribution is -1.99. The lowest BCUT2D eigenvalue weighted by Gasteiger charge is -2.10. The lowest BCUT2D eigenvalue weighted by atomic mass is 10.1. The summed E-state index contributed by atoms with van der Waals surface area (Å²) in [6.07, 6.45) is 0. The number of ether oxygens (including phenoxy) is 1. The fourth-order valence-corrected chi connectivity index (χ4v) is 2.90. The number of hydrogen-bond acceptors (Lipinski definition) is 3. The zero-order valence-electron chi connectivity index (χ0n) is 11.1. The van der Waals surface area contributed by atoms with E-state index in [1.165, 1.54) is 11.1 Å². The van der Waals surface area contributed by atoms with E-state index in [1.54, 1.807) is 7.11 Å². The van der Waals surface area contributed by atoms with Crippen LogP contribution in [0, 0.1) is 0 Å². The highest BCUT2D eigenvalue weighted by atomic mass is 32.2. The molecule has 0 saturated carbocycles. The van der Waals surface area contributed by atoms with Crippen molar-refractivity contribution in [1.82, 2.24) is 0 Å². The Morgan fingerprint density at radius 2 is 1.79 bits per heavy atom. The van der Waals surface area contributed by atoms with E-state index in [2.05, 4.69) is 30.3 Å². The molecule has 0 radical (unpaired) electrons. The Bertz CT molecular complexity index is 513. The minimum absolute atomic E-state index is 0.570. The summed E-state index contributed by atoms with van der Waals surface area (Å²) in [5.74, 6) is 2.89. The molecule has 0 aliphatic carbocycles. The average molecular weight is 273 g/mol. The van der Waals surface area contributed by atoms with Gasteiger partial charge in [0.25, 0.3) is 0 Å². The van der Waals surface area contributed by atoms with E-state index in [9.17, 15) is 0 Å². The molecule has 0 unspecified atom stereocenters. The van der Waals surface area contributed by atoms with Crippen LogP contribution < -0.4 is 10.5 Å². The Kier molecular flexibility index (Phi) is 5.31. The van der Waals surface area contributed by atoms with Crippen molar-refractivity contribution < 1.29 is 4.74 Å². The van der Waals surface area contributed by atoms with Crippen molar-refractivity contribution in [3.05, 3.63) is 65.2 Å². The Balaban J connectivity index is 1.98. The molecular weight excluding hydrogens is 254 g/mol. The maximum absolute atomic E-state index is 5.68. The number of rotatable bonds is 6. The van der Waals surface area contributed by atoms with Crippen LogP contribution in [0.2, 0.25) is 0 Å². The van der Waals surface area contributed by atoms with Gasteiger partial charge in [-0.1, -0.05) is 36.4 Å². The van der Waals surface area contributed by atoms with Gasteiger partial charge in [0.05, 0.1) is 7.11 Å². The number of benzene rings is 2. The summed E-state index contributed by atoms with van der Waals surface area (Å²) in [6.45, 7) is 0.570. The smallest absolute Gasteiger partial charge is 0.122 e. The Hall–Kier alpha value is -1.45. The average Bonchev–Trinajstić information content (AvgIpc) is 2.48. The first-order valence-electron chi connectivity index (χ1n) is 6.31. The van der Waals surface area contributed by atoms with Crippen molar-refractivity contribution in [2.75, 3.05) is 7.11 Å². The van der Waals surface area contributed by atoms with Crippen LogP contribution in [-0.4, -0.2) is 7.11 Å². The number of hydrogen-bond donors (Lipinski definition) is 1. The zero-order chi connectivity index (χ0) is 13.5. The van der Waals surface area contributed by atoms with Crippen molar-refractivity contribution in [2.45, 2.75) is 18.1 Å². The van der Waals surface area contributed by atoms with Gasteiger partial charge in [-0.15, -0.1) is 0 Å². The van der Waals surface area contributed by atoms with Crippen molar-refractivity contribution in [3.8, 4) is 5.75 Å². The second-order valence-corrected chi connectivity index (χ2v) is 5.31. The molecule has 2 nitrogen and oxygen atoms in total. The van der Waals surface area contributed by atoms with Crippen molar-refractivity contribution >= 4 is 11.8 Å². The molecule has 0 spiro atoms. The van der Waals surface area contributed by atoms with Gasteiger partial charge < -0.3 is 10.5 Å². The fraction of sp³-hybridized carbons (Fsp3) is 0.250. The van der Waals surface area contributed by atoms with E-state index in [0.717, 1.165) is 22.8 Å². The molecule has 0 fully saturated rings. The van der Waals surface area contributed by atoms with Crippen LogP contribution in [0.1, 0.15) is 16.7 Å². The molecule has 0 atom stereocenters. The fourth-order valence-electron chi connectivity index (χ4n) is 1.92. The minimum atomic E-state index is 0.570. The number of methoxy groups -OCH3 is 1. The van der Waals surface area contributed by atoms with Crippen LogP contribution in [0.4, 0.5) is 0 Å². The molecular formula is C16H19NOS. The maximum atomic E-state index is 5.68. The SMILES string of the molecule is COc1ccc(CN)cc1CSCc1ccccc1. The minimum Gasteiger partial charge on any atom is -0.496 e. The van der Waals surface area contributed by atoms with Gasteiger partial charge in [0.15, 0.2) is 0 Å². The highest BCUT2D eigenvalue weighted by molar-refractivity contribution is 7.97. The highest BCUT2D eigenvalue weighted by Gasteiger charge is 2.04. The molecule has 2 N–H and O–H groups in total. The van der Waals surface area contributed by atoms with Gasteiger partial charge in [0, 0.05) is 23.6 Å². The molecule has 2 aromatic carbocycles. The molecule has 2 rings (SSSR count). The van der Waals surface area contributed by atoms with E-state index in [1.807, 2.05) is 30.0 Å². The molecule has 0 amide bonds. The predicted octanol–water partition coefficient (Wildman–Crippen LogP) is 3.59. The molecule has 2 aromatic rings. The van der Waals surface area contributed by atoms with Gasteiger partial charge in [0.2, 0.25) is 0 Å². The Morgan fingerprint density at radius 1 is 1.00 bits per heavy atom. The first-order chi connectivity index (χ1) is 9.33. The van der Waals surface area contributed by atoms with Crippen LogP contribution >= 0.6 is 11.8 Å². The Labute approximate surface area is 119 Å². The van der Waals surface area contributed by atoms with Gasteiger partial charge in [-0.2, -0.15) is 11.8 Å². The van der Waals surface area contributed by atoms with Gasteiger partial charge in [-0.25, -0.2) is 0 Å². The van der Waals surface area contributed by atoms with Gasteiger partial charge >= 0.3 is 0 Å². The highest BCUT2D eigenvalue weighted by Crippen LogP contribution is 2.26. The molecule has 0 saturated heterocycles. The van der Waals surface area contributed by atoms with Crippen LogP contribution in [0.25, 0.3) is 0 Å². The lowest BCUT2D eigenvalue weighted by molar-refractivity contribution is 0.411. The molecule has 100 valence electrons. The van der Waals surface area contributed by atoms with E-state index in [0.29, 0.717) is 6.54 Å². The summed E-state index contributed by atoms with van der Waals surface area (Å²) >= 11 is 1.89. The van der Waals surface area contributed by atoms with E-state index < -0.39 is 0 Å². The summed E-state index contributed by atoms with van der Waals surface area (Å²) in [7, 11) is 1.71. The topological polar surface area (TPSA) is 35.2 Å². The van der Waals surface area contributed by atoms with Crippen LogP contribution in [-0.2, 0) is 18.1 Å². The van der Waals surface area contributed by atoms with Crippen LogP contribution in [0.15, 0.2) is 48.5 Å². The quantitative estimate of drug-likeness (QED) is 0.873. The van der Waals surface area contributed by atoms with Gasteiger partial charge in [-0.05, 0) is 23.3 Å². The molecule has 0 aliphatic heterocycles. The molecule has 0 aliphatic rings. The van der Waals surface area contributed by atoms with Crippen molar-refractivity contribution in [1.29, 1.82) is 0 Å². The molecule has 19 heavy (non-hydrogen) atoms. The van der Waals surface area contributed by atoms with Crippen molar-refractivity contribution in [3.63, 3.8) is 0 Å². The van der Waals surface area contributed by atoms with Crippen LogP contribution in [0.3, 0.4) is 0 Å². The normalized spacial score (nSPS) is 10.4.